The lowest BCUT2D eigenvalue weighted by Crippen LogP contribution is -2.46. The SMILES string of the molecule is CCOc1ccc(CC(CNCCN)NC(=O)OC(C)(C)C)cc1.Cl.Cl. The van der Waals surface area contributed by atoms with Gasteiger partial charge >= 0.3 is 6.09 Å². The normalized spacial score (nSPS) is 11.6. The number of alkyl carbamates (subject to hydrolysis) is 1. The van der Waals surface area contributed by atoms with E-state index in [-0.39, 0.29) is 30.9 Å². The van der Waals surface area contributed by atoms with Gasteiger partial charge in [-0.1, -0.05) is 12.1 Å². The minimum Gasteiger partial charge on any atom is -0.494 e. The third kappa shape index (κ3) is 12.2. The minimum absolute atomic E-state index is 0. The molecule has 0 aliphatic rings. The molecule has 0 heterocycles. The van der Waals surface area contributed by atoms with Gasteiger partial charge in [-0.15, -0.1) is 24.8 Å². The van der Waals surface area contributed by atoms with Crippen LogP contribution in [0.15, 0.2) is 24.3 Å². The molecule has 6 nitrogen and oxygen atoms in total. The Kier molecular flexibility index (Phi) is 14.5. The monoisotopic (exact) mass is 409 g/mol. The number of benzene rings is 1. The van der Waals surface area contributed by atoms with Gasteiger partial charge in [0.15, 0.2) is 0 Å². The molecule has 1 amide bonds. The van der Waals surface area contributed by atoms with Gasteiger partial charge in [0, 0.05) is 25.7 Å². The van der Waals surface area contributed by atoms with Crippen molar-refractivity contribution in [1.82, 2.24) is 10.6 Å². The van der Waals surface area contributed by atoms with Crippen LogP contribution in [0.1, 0.15) is 33.3 Å². The quantitative estimate of drug-likeness (QED) is 0.545. The molecule has 4 N–H and O–H groups in total. The number of nitrogens with two attached hydrogens (primary N) is 1. The molecule has 0 aliphatic heterocycles. The number of hydrogen-bond acceptors (Lipinski definition) is 5. The van der Waals surface area contributed by atoms with Crippen molar-refractivity contribution in [2.75, 3.05) is 26.2 Å². The van der Waals surface area contributed by atoms with E-state index in [1.807, 2.05) is 52.0 Å². The van der Waals surface area contributed by atoms with Crippen LogP contribution in [-0.4, -0.2) is 44.0 Å². The number of carbonyl (C=O) groups is 1. The van der Waals surface area contributed by atoms with E-state index in [2.05, 4.69) is 10.6 Å². The molecule has 1 rings (SSSR count). The van der Waals surface area contributed by atoms with Crippen LogP contribution < -0.4 is 21.1 Å². The number of hydrogen-bond donors (Lipinski definition) is 3. The zero-order chi connectivity index (χ0) is 18.0. The standard InChI is InChI=1S/C18H31N3O3.2ClH/c1-5-23-16-8-6-14(7-9-16)12-15(13-20-11-10-19)21-17(22)24-18(2,3)4;;/h6-9,15,20H,5,10-13,19H2,1-4H3,(H,21,22);2*1H. The van der Waals surface area contributed by atoms with Crippen LogP contribution >= 0.6 is 24.8 Å². The van der Waals surface area contributed by atoms with Crippen LogP contribution in [0.4, 0.5) is 4.79 Å². The number of amides is 1. The van der Waals surface area contributed by atoms with Crippen molar-refractivity contribution in [3.05, 3.63) is 29.8 Å². The van der Waals surface area contributed by atoms with Gasteiger partial charge in [0.1, 0.15) is 11.4 Å². The maximum Gasteiger partial charge on any atom is 0.407 e. The molecular formula is C18H33Cl2N3O3. The van der Waals surface area contributed by atoms with Gasteiger partial charge in [0.05, 0.1) is 6.61 Å². The Bertz CT molecular complexity index is 493. The average Bonchev–Trinajstić information content (AvgIpc) is 2.47. The third-order valence-corrected chi connectivity index (χ3v) is 3.15. The molecule has 0 aliphatic carbocycles. The second-order valence-electron chi connectivity index (χ2n) is 6.62. The number of halogens is 2. The first-order chi connectivity index (χ1) is 11.3. The first-order valence-electron chi connectivity index (χ1n) is 8.46. The van der Waals surface area contributed by atoms with Crippen LogP contribution in [0, 0.1) is 0 Å². The van der Waals surface area contributed by atoms with Crippen molar-refractivity contribution in [3.63, 3.8) is 0 Å². The van der Waals surface area contributed by atoms with Crippen molar-refractivity contribution >= 4 is 30.9 Å². The van der Waals surface area contributed by atoms with Gasteiger partial charge in [0.25, 0.3) is 0 Å². The average molecular weight is 410 g/mol. The molecule has 1 atom stereocenters. The van der Waals surface area contributed by atoms with E-state index in [0.29, 0.717) is 32.7 Å². The summed E-state index contributed by atoms with van der Waals surface area (Å²) < 4.78 is 10.8. The Labute approximate surface area is 169 Å². The Balaban J connectivity index is 0. The van der Waals surface area contributed by atoms with E-state index in [1.54, 1.807) is 0 Å². The first kappa shape index (κ1) is 27.0. The number of carbonyl (C=O) groups excluding carboxylic acids is 1. The molecule has 1 aromatic carbocycles. The zero-order valence-corrected chi connectivity index (χ0v) is 17.7. The lowest BCUT2D eigenvalue weighted by atomic mass is 10.1. The van der Waals surface area contributed by atoms with Crippen molar-refractivity contribution in [3.8, 4) is 5.75 Å². The van der Waals surface area contributed by atoms with Crippen LogP contribution in [0.3, 0.4) is 0 Å². The van der Waals surface area contributed by atoms with E-state index >= 15 is 0 Å². The summed E-state index contributed by atoms with van der Waals surface area (Å²) in [7, 11) is 0. The predicted octanol–water partition coefficient (Wildman–Crippen LogP) is 2.91. The van der Waals surface area contributed by atoms with Crippen molar-refractivity contribution < 1.29 is 14.3 Å². The van der Waals surface area contributed by atoms with Crippen LogP contribution in [-0.2, 0) is 11.2 Å². The molecule has 0 bridgehead atoms. The molecule has 1 unspecified atom stereocenters. The summed E-state index contributed by atoms with van der Waals surface area (Å²) in [5, 5.41) is 6.16. The fraction of sp³-hybridized carbons (Fsp3) is 0.611. The fourth-order valence-corrected chi connectivity index (χ4v) is 2.20. The molecule has 1 aromatic rings. The molecule has 0 saturated carbocycles. The molecule has 0 aromatic heterocycles. The fourth-order valence-electron chi connectivity index (χ4n) is 2.20. The smallest absolute Gasteiger partial charge is 0.407 e. The summed E-state index contributed by atoms with van der Waals surface area (Å²) >= 11 is 0. The summed E-state index contributed by atoms with van der Waals surface area (Å²) in [5.41, 5.74) is 6.11. The molecule has 0 spiro atoms. The summed E-state index contributed by atoms with van der Waals surface area (Å²) in [6.45, 7) is 10.0. The number of rotatable bonds is 9. The highest BCUT2D eigenvalue weighted by molar-refractivity contribution is 5.85. The number of ether oxygens (including phenoxy) is 2. The first-order valence-corrected chi connectivity index (χ1v) is 8.46. The van der Waals surface area contributed by atoms with Crippen LogP contribution in [0.5, 0.6) is 5.75 Å². The summed E-state index contributed by atoms with van der Waals surface area (Å²) in [5.74, 6) is 0.846. The highest BCUT2D eigenvalue weighted by atomic mass is 35.5. The predicted molar refractivity (Wildman–Crippen MR) is 111 cm³/mol. The van der Waals surface area contributed by atoms with Gasteiger partial charge in [-0.2, -0.15) is 0 Å². The molecule has 0 radical (unpaired) electrons. The maximum absolute atomic E-state index is 12.0. The molecular weight excluding hydrogens is 377 g/mol. The molecule has 152 valence electrons. The number of nitrogens with one attached hydrogen (secondary N) is 2. The maximum atomic E-state index is 12.0. The Morgan fingerprint density at radius 2 is 1.81 bits per heavy atom. The Morgan fingerprint density at radius 1 is 1.19 bits per heavy atom. The summed E-state index contributed by atoms with van der Waals surface area (Å²) in [6.07, 6.45) is 0.288. The van der Waals surface area contributed by atoms with Crippen LogP contribution in [0.2, 0.25) is 0 Å². The van der Waals surface area contributed by atoms with Gasteiger partial charge in [-0.05, 0) is 51.8 Å². The zero-order valence-electron chi connectivity index (χ0n) is 16.0. The van der Waals surface area contributed by atoms with E-state index in [9.17, 15) is 4.79 Å². The third-order valence-electron chi connectivity index (χ3n) is 3.15. The highest BCUT2D eigenvalue weighted by Crippen LogP contribution is 2.14. The van der Waals surface area contributed by atoms with Crippen molar-refractivity contribution in [1.29, 1.82) is 0 Å². The van der Waals surface area contributed by atoms with Crippen molar-refractivity contribution in [2.24, 2.45) is 5.73 Å². The molecule has 8 heteroatoms. The topological polar surface area (TPSA) is 85.6 Å². The lowest BCUT2D eigenvalue weighted by Gasteiger charge is -2.24. The summed E-state index contributed by atoms with van der Waals surface area (Å²) in [6, 6.07) is 7.83. The van der Waals surface area contributed by atoms with E-state index in [1.165, 1.54) is 0 Å². The van der Waals surface area contributed by atoms with Gasteiger partial charge < -0.3 is 25.8 Å². The second-order valence-corrected chi connectivity index (χ2v) is 6.62. The summed E-state index contributed by atoms with van der Waals surface area (Å²) in [4.78, 5) is 12.0. The lowest BCUT2D eigenvalue weighted by molar-refractivity contribution is 0.0504. The van der Waals surface area contributed by atoms with Crippen molar-refractivity contribution in [2.45, 2.75) is 45.8 Å². The Hall–Kier alpha value is -1.21. The molecule has 26 heavy (non-hydrogen) atoms. The Morgan fingerprint density at radius 3 is 2.31 bits per heavy atom. The van der Waals surface area contributed by atoms with Gasteiger partial charge in [-0.25, -0.2) is 4.79 Å². The minimum atomic E-state index is -0.515. The van der Waals surface area contributed by atoms with Gasteiger partial charge in [0.2, 0.25) is 0 Å². The highest BCUT2D eigenvalue weighted by Gasteiger charge is 2.19. The van der Waals surface area contributed by atoms with E-state index < -0.39 is 11.7 Å². The molecule has 0 fully saturated rings. The second kappa shape index (κ2) is 13.9. The van der Waals surface area contributed by atoms with E-state index in [4.69, 9.17) is 15.2 Å². The molecule has 0 saturated heterocycles. The van der Waals surface area contributed by atoms with E-state index in [0.717, 1.165) is 11.3 Å². The van der Waals surface area contributed by atoms with Gasteiger partial charge in [-0.3, -0.25) is 0 Å². The van der Waals surface area contributed by atoms with Crippen LogP contribution in [0.25, 0.3) is 0 Å². The largest absolute Gasteiger partial charge is 0.494 e.